The Bertz CT molecular complexity index is 1710. The van der Waals surface area contributed by atoms with Gasteiger partial charge in [0.05, 0.1) is 30.7 Å². The maximum atomic E-state index is 13.2. The van der Waals surface area contributed by atoms with Crippen LogP contribution in [0.25, 0.3) is 27.7 Å². The van der Waals surface area contributed by atoms with Crippen LogP contribution in [0.15, 0.2) is 65.8 Å². The predicted octanol–water partition coefficient (Wildman–Crippen LogP) is 4.50. The molecule has 12 heteroatoms. The molecule has 1 amide bonds. The van der Waals surface area contributed by atoms with Crippen molar-refractivity contribution in [2.24, 2.45) is 7.05 Å². The summed E-state index contributed by atoms with van der Waals surface area (Å²) in [6, 6.07) is 11.1. The van der Waals surface area contributed by atoms with Crippen LogP contribution in [0.2, 0.25) is 10.2 Å². The van der Waals surface area contributed by atoms with Gasteiger partial charge in [-0.1, -0.05) is 28.4 Å². The van der Waals surface area contributed by atoms with E-state index in [4.69, 9.17) is 27.9 Å². The van der Waals surface area contributed by atoms with E-state index in [-0.39, 0.29) is 11.1 Å². The molecule has 37 heavy (non-hydrogen) atoms. The van der Waals surface area contributed by atoms with Crippen molar-refractivity contribution >= 4 is 45.7 Å². The lowest BCUT2D eigenvalue weighted by atomic mass is 10.0. The first kappa shape index (κ1) is 24.5. The van der Waals surface area contributed by atoms with Crippen molar-refractivity contribution in [2.75, 3.05) is 12.4 Å². The van der Waals surface area contributed by atoms with Gasteiger partial charge in [-0.2, -0.15) is 5.10 Å². The number of carbonyl (C=O) groups is 1. The van der Waals surface area contributed by atoms with Crippen molar-refractivity contribution in [3.05, 3.63) is 81.6 Å². The van der Waals surface area contributed by atoms with Gasteiger partial charge < -0.3 is 10.1 Å². The number of nitrogens with one attached hydrogen (secondary N) is 1. The summed E-state index contributed by atoms with van der Waals surface area (Å²) in [4.78, 5) is 26.3. The van der Waals surface area contributed by atoms with E-state index in [2.05, 4.69) is 20.7 Å². The Hall–Kier alpha value is -4.15. The molecule has 0 saturated carbocycles. The third-order valence-corrected chi connectivity index (χ3v) is 6.32. The van der Waals surface area contributed by atoms with E-state index in [1.165, 1.54) is 34.8 Å². The van der Waals surface area contributed by atoms with Crippen molar-refractivity contribution in [2.45, 2.75) is 13.0 Å². The van der Waals surface area contributed by atoms with Crippen LogP contribution in [0, 0.1) is 0 Å². The highest BCUT2D eigenvalue weighted by Gasteiger charge is 2.21. The summed E-state index contributed by atoms with van der Waals surface area (Å²) >= 11 is 12.2. The third kappa shape index (κ3) is 4.81. The Morgan fingerprint density at radius 3 is 2.59 bits per heavy atom. The number of rotatable bonds is 6. The van der Waals surface area contributed by atoms with Crippen molar-refractivity contribution < 1.29 is 9.53 Å². The molecule has 10 nitrogen and oxygen atoms in total. The van der Waals surface area contributed by atoms with Gasteiger partial charge in [0.2, 0.25) is 5.91 Å². The number of fused-ring (bicyclic) bond motifs is 1. The maximum absolute atomic E-state index is 13.2. The SMILES string of the molecule is COc1cn(C(C)C(=O)Nc2ccc3nn(C)cc3c2)c(=O)cc1-c1cc(Cl)ccc1-n1cc(Cl)nn1. The number of hydrogen-bond donors (Lipinski definition) is 1. The van der Waals surface area contributed by atoms with Crippen LogP contribution in [0.4, 0.5) is 5.69 Å². The molecule has 2 aromatic carbocycles. The van der Waals surface area contributed by atoms with Gasteiger partial charge in [0, 0.05) is 46.5 Å². The van der Waals surface area contributed by atoms with Crippen LogP contribution >= 0.6 is 23.2 Å². The molecule has 0 bridgehead atoms. The van der Waals surface area contributed by atoms with Crippen molar-refractivity contribution in [1.82, 2.24) is 29.3 Å². The lowest BCUT2D eigenvalue weighted by Crippen LogP contribution is -2.31. The van der Waals surface area contributed by atoms with Crippen LogP contribution < -0.4 is 15.6 Å². The van der Waals surface area contributed by atoms with Gasteiger partial charge in [-0.3, -0.25) is 18.8 Å². The number of nitrogens with zero attached hydrogens (tertiary/aromatic N) is 6. The first-order chi connectivity index (χ1) is 17.7. The summed E-state index contributed by atoms with van der Waals surface area (Å²) in [7, 11) is 3.31. The Kier molecular flexibility index (Phi) is 6.45. The molecule has 5 aromatic rings. The number of hydrogen-bond acceptors (Lipinski definition) is 6. The van der Waals surface area contributed by atoms with Crippen molar-refractivity contribution in [3.63, 3.8) is 0 Å². The molecular weight excluding hydrogens is 517 g/mol. The van der Waals surface area contributed by atoms with E-state index in [0.29, 0.717) is 33.3 Å². The maximum Gasteiger partial charge on any atom is 0.252 e. The molecule has 1 N–H and O–H groups in total. The zero-order valence-corrected chi connectivity index (χ0v) is 21.5. The number of aryl methyl sites for hydroxylation is 1. The molecule has 0 aliphatic rings. The number of amides is 1. The fourth-order valence-corrected chi connectivity index (χ4v) is 4.39. The molecule has 1 atom stereocenters. The van der Waals surface area contributed by atoms with Gasteiger partial charge in [0.15, 0.2) is 5.15 Å². The van der Waals surface area contributed by atoms with E-state index < -0.39 is 11.6 Å². The van der Waals surface area contributed by atoms with E-state index in [1.54, 1.807) is 35.9 Å². The standard InChI is InChI=1S/C25H21Cl2N7O3/c1-14(25(36)28-17-5-6-20-15(8-17)11-32(2)30-20)33-12-22(37-3)19(10-24(33)35)18-9-16(26)4-7-21(18)34-13-23(27)29-31-34/h4-14H,1-3H3,(H,28,36). The summed E-state index contributed by atoms with van der Waals surface area (Å²) in [5, 5.41) is 16.6. The number of carbonyl (C=O) groups excluding carboxylic acids is 1. The van der Waals surface area contributed by atoms with Gasteiger partial charge >= 0.3 is 0 Å². The van der Waals surface area contributed by atoms with E-state index >= 15 is 0 Å². The molecule has 3 heterocycles. The molecule has 5 rings (SSSR count). The lowest BCUT2D eigenvalue weighted by molar-refractivity contribution is -0.118. The third-order valence-electron chi connectivity index (χ3n) is 5.91. The van der Waals surface area contributed by atoms with Gasteiger partial charge in [-0.05, 0) is 43.3 Å². The molecule has 188 valence electrons. The van der Waals surface area contributed by atoms with Crippen molar-refractivity contribution in [1.29, 1.82) is 0 Å². The second kappa shape index (κ2) is 9.72. The number of aromatic nitrogens is 6. The molecule has 0 aliphatic carbocycles. The van der Waals surface area contributed by atoms with E-state index in [9.17, 15) is 9.59 Å². The highest BCUT2D eigenvalue weighted by Crippen LogP contribution is 2.35. The Labute approximate surface area is 221 Å². The fourth-order valence-electron chi connectivity index (χ4n) is 4.09. The second-order valence-corrected chi connectivity index (χ2v) is 9.21. The number of methoxy groups -OCH3 is 1. The number of anilines is 1. The molecule has 1 unspecified atom stereocenters. The summed E-state index contributed by atoms with van der Waals surface area (Å²) in [5.41, 5.74) is 2.67. The average molecular weight is 538 g/mol. The Morgan fingerprint density at radius 1 is 1.05 bits per heavy atom. The smallest absolute Gasteiger partial charge is 0.252 e. The highest BCUT2D eigenvalue weighted by molar-refractivity contribution is 6.31. The fraction of sp³-hybridized carbons (Fsp3) is 0.160. The molecular formula is C25H21Cl2N7O3. The highest BCUT2D eigenvalue weighted by atomic mass is 35.5. The normalized spacial score (nSPS) is 12.0. The van der Waals surface area contributed by atoms with Crippen LogP contribution in [0.3, 0.4) is 0 Å². The van der Waals surface area contributed by atoms with Gasteiger partial charge in [0.1, 0.15) is 11.8 Å². The second-order valence-electron chi connectivity index (χ2n) is 8.39. The summed E-state index contributed by atoms with van der Waals surface area (Å²) in [5.74, 6) is 0.00611. The van der Waals surface area contributed by atoms with Crippen LogP contribution in [0.5, 0.6) is 5.75 Å². The molecule has 0 aliphatic heterocycles. The molecule has 0 saturated heterocycles. The zero-order valence-electron chi connectivity index (χ0n) is 20.0. The number of benzene rings is 2. The van der Waals surface area contributed by atoms with Crippen LogP contribution in [0.1, 0.15) is 13.0 Å². The minimum Gasteiger partial charge on any atom is -0.495 e. The van der Waals surface area contributed by atoms with Gasteiger partial charge in [-0.15, -0.1) is 5.10 Å². The molecule has 0 fully saturated rings. The van der Waals surface area contributed by atoms with Gasteiger partial charge in [0.25, 0.3) is 5.56 Å². The predicted molar refractivity (Wildman–Crippen MR) is 142 cm³/mol. The van der Waals surface area contributed by atoms with Crippen LogP contribution in [-0.2, 0) is 11.8 Å². The summed E-state index contributed by atoms with van der Waals surface area (Å²) in [6.07, 6.45) is 4.91. The Morgan fingerprint density at radius 2 is 1.86 bits per heavy atom. The largest absolute Gasteiger partial charge is 0.495 e. The van der Waals surface area contributed by atoms with E-state index in [0.717, 1.165) is 10.9 Å². The molecule has 0 radical (unpaired) electrons. The quantitative estimate of drug-likeness (QED) is 0.341. The summed E-state index contributed by atoms with van der Waals surface area (Å²) in [6.45, 7) is 1.64. The van der Waals surface area contributed by atoms with E-state index in [1.807, 2.05) is 25.4 Å². The first-order valence-electron chi connectivity index (χ1n) is 11.2. The number of halogens is 2. The molecule has 0 spiro atoms. The summed E-state index contributed by atoms with van der Waals surface area (Å²) < 4.78 is 10.1. The minimum atomic E-state index is -0.826. The lowest BCUT2D eigenvalue weighted by Gasteiger charge is -2.19. The topological polar surface area (TPSA) is 109 Å². The Balaban J connectivity index is 1.49. The minimum absolute atomic E-state index is 0.214. The van der Waals surface area contributed by atoms with Crippen molar-refractivity contribution in [3.8, 4) is 22.6 Å². The molecule has 3 aromatic heterocycles. The van der Waals surface area contributed by atoms with Gasteiger partial charge in [-0.25, -0.2) is 4.68 Å². The van der Waals surface area contributed by atoms with Crippen LogP contribution in [-0.4, -0.2) is 42.4 Å². The zero-order chi connectivity index (χ0) is 26.3. The first-order valence-corrected chi connectivity index (χ1v) is 11.9. The average Bonchev–Trinajstić information content (AvgIpc) is 3.47. The number of pyridine rings is 1. The number of ether oxygens (including phenoxy) is 1. The monoisotopic (exact) mass is 537 g/mol.